The molecule has 1 aromatic heterocycles. The van der Waals surface area contributed by atoms with Gasteiger partial charge >= 0.3 is 5.97 Å². The molecular weight excluding hydrogens is 287 g/mol. The van der Waals surface area contributed by atoms with E-state index in [1.807, 2.05) is 13.8 Å². The Labute approximate surface area is 121 Å². The number of hydrogen-bond acceptors (Lipinski definition) is 3. The number of carboxylic acids is 1. The maximum Gasteiger partial charge on any atom is 0.354 e. The molecule has 1 aromatic carbocycles. The molecule has 4 nitrogen and oxygen atoms in total. The molecule has 0 atom stereocenters. The van der Waals surface area contributed by atoms with Crippen LogP contribution in [0, 0.1) is 0 Å². The maximum atomic E-state index is 10.8. The fraction of sp³-hybridized carbons (Fsp3) is 0.154. The largest absolute Gasteiger partial charge is 0.477 e. The molecule has 0 saturated heterocycles. The second-order valence-corrected chi connectivity index (χ2v) is 4.04. The molecule has 0 fully saturated rings. The van der Waals surface area contributed by atoms with Crippen LogP contribution in [0.3, 0.4) is 0 Å². The van der Waals surface area contributed by atoms with Crippen molar-refractivity contribution >= 4 is 29.2 Å². The first-order chi connectivity index (χ1) is 9.08. The molecule has 0 aliphatic heterocycles. The van der Waals surface area contributed by atoms with Gasteiger partial charge in [-0.15, -0.1) is 0 Å². The Bertz CT molecular complexity index is 589. The number of halogens is 2. The summed E-state index contributed by atoms with van der Waals surface area (Å²) in [6.45, 7) is 4.00. The molecule has 0 bridgehead atoms. The second kappa shape index (κ2) is 7.07. The fourth-order valence-corrected chi connectivity index (χ4v) is 1.59. The first kappa shape index (κ1) is 15.4. The van der Waals surface area contributed by atoms with Gasteiger partial charge in [-0.3, -0.25) is 0 Å². The van der Waals surface area contributed by atoms with Crippen LogP contribution in [-0.4, -0.2) is 21.0 Å². The van der Waals surface area contributed by atoms with Crippen LogP contribution in [0.15, 0.2) is 30.6 Å². The van der Waals surface area contributed by atoms with E-state index in [2.05, 4.69) is 9.97 Å². The van der Waals surface area contributed by atoms with E-state index >= 15 is 0 Å². The molecule has 0 aliphatic rings. The zero-order valence-corrected chi connectivity index (χ0v) is 11.9. The van der Waals surface area contributed by atoms with Gasteiger partial charge in [0, 0.05) is 5.56 Å². The Morgan fingerprint density at radius 1 is 1.11 bits per heavy atom. The van der Waals surface area contributed by atoms with Gasteiger partial charge in [0.25, 0.3) is 0 Å². The number of rotatable bonds is 2. The van der Waals surface area contributed by atoms with Crippen LogP contribution in [0.5, 0.6) is 0 Å². The molecule has 0 saturated carbocycles. The zero-order chi connectivity index (χ0) is 14.4. The summed E-state index contributed by atoms with van der Waals surface area (Å²) in [7, 11) is 0. The summed E-state index contributed by atoms with van der Waals surface area (Å²) >= 11 is 11.7. The standard InChI is InChI=1S/C11H6Cl2N2O2.C2H6/c12-7-2-1-6(3-8(7)13)9-4-10(11(16)17)15-5-14-9;1-2/h1-5H,(H,16,17);1-2H3. The summed E-state index contributed by atoms with van der Waals surface area (Å²) in [5, 5.41) is 9.64. The van der Waals surface area contributed by atoms with Crippen molar-refractivity contribution < 1.29 is 9.90 Å². The molecule has 0 spiro atoms. The van der Waals surface area contributed by atoms with Gasteiger partial charge in [-0.1, -0.05) is 43.1 Å². The maximum absolute atomic E-state index is 10.8. The minimum absolute atomic E-state index is 0.0685. The van der Waals surface area contributed by atoms with E-state index in [1.54, 1.807) is 18.2 Å². The number of carboxylic acid groups (broad SMARTS) is 1. The van der Waals surface area contributed by atoms with Crippen molar-refractivity contribution in [3.8, 4) is 11.3 Å². The van der Waals surface area contributed by atoms with Crippen molar-refractivity contribution in [1.82, 2.24) is 9.97 Å². The molecular formula is C13H12Cl2N2O2. The number of nitrogens with zero attached hydrogens (tertiary/aromatic N) is 2. The van der Waals surface area contributed by atoms with Crippen molar-refractivity contribution in [3.05, 3.63) is 46.3 Å². The molecule has 6 heteroatoms. The van der Waals surface area contributed by atoms with E-state index in [9.17, 15) is 4.79 Å². The molecule has 1 heterocycles. The van der Waals surface area contributed by atoms with E-state index in [-0.39, 0.29) is 5.69 Å². The van der Waals surface area contributed by atoms with Gasteiger partial charge in [0.15, 0.2) is 5.69 Å². The Morgan fingerprint density at radius 3 is 2.37 bits per heavy atom. The lowest BCUT2D eigenvalue weighted by atomic mass is 10.1. The number of carbonyl (C=O) groups is 1. The number of aromatic carboxylic acids is 1. The first-order valence-electron chi connectivity index (χ1n) is 5.58. The van der Waals surface area contributed by atoms with E-state index in [0.29, 0.717) is 21.3 Å². The normalized spacial score (nSPS) is 9.47. The monoisotopic (exact) mass is 298 g/mol. The lowest BCUT2D eigenvalue weighted by Crippen LogP contribution is -2.01. The topological polar surface area (TPSA) is 63.1 Å². The summed E-state index contributed by atoms with van der Waals surface area (Å²) in [5.74, 6) is -1.10. The number of hydrogen-bond donors (Lipinski definition) is 1. The minimum Gasteiger partial charge on any atom is -0.477 e. The van der Waals surface area contributed by atoms with Crippen LogP contribution in [0.2, 0.25) is 10.0 Å². The molecule has 2 rings (SSSR count). The Balaban J connectivity index is 0.000000861. The molecule has 100 valence electrons. The van der Waals surface area contributed by atoms with Gasteiger partial charge in [0.1, 0.15) is 6.33 Å². The highest BCUT2D eigenvalue weighted by molar-refractivity contribution is 6.42. The second-order valence-electron chi connectivity index (χ2n) is 3.22. The van der Waals surface area contributed by atoms with Crippen LogP contribution in [0.25, 0.3) is 11.3 Å². The van der Waals surface area contributed by atoms with E-state index < -0.39 is 5.97 Å². The van der Waals surface area contributed by atoms with Crippen LogP contribution >= 0.6 is 23.2 Å². The zero-order valence-electron chi connectivity index (χ0n) is 10.4. The Hall–Kier alpha value is -1.65. The smallest absolute Gasteiger partial charge is 0.354 e. The van der Waals surface area contributed by atoms with E-state index in [4.69, 9.17) is 28.3 Å². The molecule has 0 aliphatic carbocycles. The third kappa shape index (κ3) is 3.91. The third-order valence-corrected chi connectivity index (χ3v) is 2.84. The summed E-state index contributed by atoms with van der Waals surface area (Å²) in [4.78, 5) is 18.4. The first-order valence-corrected chi connectivity index (χ1v) is 6.34. The lowest BCUT2D eigenvalue weighted by molar-refractivity contribution is 0.0690. The SMILES string of the molecule is CC.O=C(O)c1cc(-c2ccc(Cl)c(Cl)c2)ncn1. The van der Waals surface area contributed by atoms with Crippen molar-refractivity contribution in [1.29, 1.82) is 0 Å². The van der Waals surface area contributed by atoms with Gasteiger partial charge in [-0.05, 0) is 18.2 Å². The highest BCUT2D eigenvalue weighted by atomic mass is 35.5. The van der Waals surface area contributed by atoms with Crippen LogP contribution < -0.4 is 0 Å². The van der Waals surface area contributed by atoms with Gasteiger partial charge in [-0.2, -0.15) is 0 Å². The lowest BCUT2D eigenvalue weighted by Gasteiger charge is -2.03. The van der Waals surface area contributed by atoms with Crippen LogP contribution in [0.4, 0.5) is 0 Å². The third-order valence-electron chi connectivity index (χ3n) is 2.10. The van der Waals surface area contributed by atoms with Gasteiger partial charge in [0.2, 0.25) is 0 Å². The molecule has 0 amide bonds. The highest BCUT2D eigenvalue weighted by Crippen LogP contribution is 2.27. The van der Waals surface area contributed by atoms with E-state index in [1.165, 1.54) is 12.4 Å². The van der Waals surface area contributed by atoms with Crippen LogP contribution in [0.1, 0.15) is 24.3 Å². The van der Waals surface area contributed by atoms with Crippen molar-refractivity contribution in [2.75, 3.05) is 0 Å². The molecule has 0 radical (unpaired) electrons. The summed E-state index contributed by atoms with van der Waals surface area (Å²) in [6, 6.07) is 6.34. The quantitative estimate of drug-likeness (QED) is 0.903. The Kier molecular flexibility index (Phi) is 5.73. The summed E-state index contributed by atoms with van der Waals surface area (Å²) in [5.41, 5.74) is 1.10. The summed E-state index contributed by atoms with van der Waals surface area (Å²) < 4.78 is 0. The van der Waals surface area contributed by atoms with Crippen molar-refractivity contribution in [3.63, 3.8) is 0 Å². The average Bonchev–Trinajstić information content (AvgIpc) is 2.44. The fourth-order valence-electron chi connectivity index (χ4n) is 1.29. The van der Waals surface area contributed by atoms with Crippen molar-refractivity contribution in [2.24, 2.45) is 0 Å². The van der Waals surface area contributed by atoms with E-state index in [0.717, 1.165) is 0 Å². The molecule has 1 N–H and O–H groups in total. The van der Waals surface area contributed by atoms with Gasteiger partial charge < -0.3 is 5.11 Å². The van der Waals surface area contributed by atoms with Gasteiger partial charge in [-0.25, -0.2) is 14.8 Å². The number of benzene rings is 1. The highest BCUT2D eigenvalue weighted by Gasteiger charge is 2.08. The van der Waals surface area contributed by atoms with Crippen LogP contribution in [-0.2, 0) is 0 Å². The minimum atomic E-state index is -1.10. The van der Waals surface area contributed by atoms with Gasteiger partial charge in [0.05, 0.1) is 15.7 Å². The number of aromatic nitrogens is 2. The molecule has 2 aromatic rings. The average molecular weight is 299 g/mol. The molecule has 0 unspecified atom stereocenters. The predicted molar refractivity (Wildman–Crippen MR) is 75.8 cm³/mol. The van der Waals surface area contributed by atoms with Crippen molar-refractivity contribution in [2.45, 2.75) is 13.8 Å². The summed E-state index contributed by atoms with van der Waals surface area (Å²) in [6.07, 6.45) is 1.20. The Morgan fingerprint density at radius 2 is 1.79 bits per heavy atom. The molecule has 19 heavy (non-hydrogen) atoms. The predicted octanol–water partition coefficient (Wildman–Crippen LogP) is 4.17.